The van der Waals surface area contributed by atoms with Crippen LogP contribution in [-0.2, 0) is 0 Å². The highest BCUT2D eigenvalue weighted by atomic mass is 16.5. The molecule has 2 aromatic carbocycles. The number of pyridine rings is 1. The van der Waals surface area contributed by atoms with E-state index in [1.54, 1.807) is 18.3 Å². The zero-order chi connectivity index (χ0) is 13.8. The monoisotopic (exact) mass is 262 g/mol. The van der Waals surface area contributed by atoms with E-state index < -0.39 is 0 Å². The Labute approximate surface area is 117 Å². The molecular formula is C17H14N2O. The van der Waals surface area contributed by atoms with Crippen LogP contribution in [0.5, 0.6) is 11.5 Å². The lowest BCUT2D eigenvalue weighted by molar-refractivity contribution is 0.480. The lowest BCUT2D eigenvalue weighted by Crippen LogP contribution is -1.90. The number of anilines is 1. The topological polar surface area (TPSA) is 48.1 Å². The summed E-state index contributed by atoms with van der Waals surface area (Å²) in [4.78, 5) is 3.99. The molecule has 1 aromatic heterocycles. The van der Waals surface area contributed by atoms with Crippen molar-refractivity contribution in [2.45, 2.75) is 0 Å². The van der Waals surface area contributed by atoms with Crippen molar-refractivity contribution in [2.75, 3.05) is 5.73 Å². The van der Waals surface area contributed by atoms with E-state index in [2.05, 4.69) is 17.1 Å². The molecule has 2 N–H and O–H groups in total. The van der Waals surface area contributed by atoms with Crippen LogP contribution >= 0.6 is 0 Å². The lowest BCUT2D eigenvalue weighted by atomic mass is 10.1. The standard InChI is InChI=1S/C17H14N2O/c18-17-11-10-16(12-19-17)20-15-8-6-14(7-9-15)13-4-2-1-3-5-13/h1-12H,(H2,18,19). The molecule has 0 amide bonds. The number of nitrogens with two attached hydrogens (primary N) is 1. The normalized spacial score (nSPS) is 10.2. The van der Waals surface area contributed by atoms with Gasteiger partial charge >= 0.3 is 0 Å². The first-order chi connectivity index (χ1) is 9.81. The Morgan fingerprint density at radius 1 is 0.700 bits per heavy atom. The van der Waals surface area contributed by atoms with Crippen molar-refractivity contribution in [3.8, 4) is 22.6 Å². The quantitative estimate of drug-likeness (QED) is 0.772. The minimum atomic E-state index is 0.483. The molecule has 3 heteroatoms. The molecule has 0 aliphatic heterocycles. The third-order valence-corrected chi connectivity index (χ3v) is 2.96. The van der Waals surface area contributed by atoms with Gasteiger partial charge in [-0.15, -0.1) is 0 Å². The van der Waals surface area contributed by atoms with Gasteiger partial charge in [0.25, 0.3) is 0 Å². The van der Waals surface area contributed by atoms with E-state index in [1.165, 1.54) is 5.56 Å². The predicted octanol–water partition coefficient (Wildman–Crippen LogP) is 4.12. The summed E-state index contributed by atoms with van der Waals surface area (Å²) in [6, 6.07) is 21.7. The number of hydrogen-bond acceptors (Lipinski definition) is 3. The van der Waals surface area contributed by atoms with Gasteiger partial charge in [0.2, 0.25) is 0 Å². The van der Waals surface area contributed by atoms with Gasteiger partial charge in [0.1, 0.15) is 17.3 Å². The average molecular weight is 262 g/mol. The summed E-state index contributed by atoms with van der Waals surface area (Å²) < 4.78 is 5.71. The average Bonchev–Trinajstić information content (AvgIpc) is 2.51. The molecule has 20 heavy (non-hydrogen) atoms. The van der Waals surface area contributed by atoms with E-state index in [4.69, 9.17) is 10.5 Å². The number of nitrogens with zero attached hydrogens (tertiary/aromatic N) is 1. The van der Waals surface area contributed by atoms with Gasteiger partial charge in [0, 0.05) is 0 Å². The first kappa shape index (κ1) is 12.2. The highest BCUT2D eigenvalue weighted by molar-refractivity contribution is 5.64. The summed E-state index contributed by atoms with van der Waals surface area (Å²) in [5, 5.41) is 0. The minimum absolute atomic E-state index is 0.483. The molecule has 3 rings (SSSR count). The second-order valence-corrected chi connectivity index (χ2v) is 4.41. The summed E-state index contributed by atoms with van der Waals surface area (Å²) in [7, 11) is 0. The highest BCUT2D eigenvalue weighted by Gasteiger charge is 2.00. The lowest BCUT2D eigenvalue weighted by Gasteiger charge is -2.07. The van der Waals surface area contributed by atoms with Crippen molar-refractivity contribution in [2.24, 2.45) is 0 Å². The molecule has 3 aromatic rings. The van der Waals surface area contributed by atoms with Crippen LogP contribution in [-0.4, -0.2) is 4.98 Å². The zero-order valence-electron chi connectivity index (χ0n) is 10.9. The Balaban J connectivity index is 1.78. The smallest absolute Gasteiger partial charge is 0.145 e. The van der Waals surface area contributed by atoms with Crippen molar-refractivity contribution in [1.82, 2.24) is 4.98 Å². The van der Waals surface area contributed by atoms with Gasteiger partial charge in [-0.1, -0.05) is 42.5 Å². The molecule has 0 saturated heterocycles. The largest absolute Gasteiger partial charge is 0.456 e. The Hall–Kier alpha value is -2.81. The van der Waals surface area contributed by atoms with Crippen LogP contribution in [0.15, 0.2) is 72.9 Å². The first-order valence-corrected chi connectivity index (χ1v) is 6.36. The number of benzene rings is 2. The SMILES string of the molecule is Nc1ccc(Oc2ccc(-c3ccccc3)cc2)cn1. The molecule has 0 unspecified atom stereocenters. The Morgan fingerprint density at radius 2 is 1.35 bits per heavy atom. The molecule has 98 valence electrons. The third-order valence-electron chi connectivity index (χ3n) is 2.96. The van der Waals surface area contributed by atoms with E-state index in [0.717, 1.165) is 11.3 Å². The van der Waals surface area contributed by atoms with Crippen molar-refractivity contribution in [1.29, 1.82) is 0 Å². The summed E-state index contributed by atoms with van der Waals surface area (Å²) in [5.41, 5.74) is 7.89. The number of nitrogen functional groups attached to an aromatic ring is 1. The highest BCUT2D eigenvalue weighted by Crippen LogP contribution is 2.25. The minimum Gasteiger partial charge on any atom is -0.456 e. The number of hydrogen-bond donors (Lipinski definition) is 1. The molecule has 3 nitrogen and oxygen atoms in total. The van der Waals surface area contributed by atoms with E-state index in [0.29, 0.717) is 11.6 Å². The molecule has 0 saturated carbocycles. The molecule has 0 aliphatic rings. The van der Waals surface area contributed by atoms with Crippen LogP contribution in [0.1, 0.15) is 0 Å². The van der Waals surface area contributed by atoms with Crippen molar-refractivity contribution in [3.05, 3.63) is 72.9 Å². The van der Waals surface area contributed by atoms with E-state index in [1.807, 2.05) is 42.5 Å². The maximum absolute atomic E-state index is 5.71. The van der Waals surface area contributed by atoms with Crippen LogP contribution < -0.4 is 10.5 Å². The molecule has 1 heterocycles. The summed E-state index contributed by atoms with van der Waals surface area (Å²) in [6.07, 6.45) is 1.61. The maximum Gasteiger partial charge on any atom is 0.145 e. The van der Waals surface area contributed by atoms with E-state index >= 15 is 0 Å². The van der Waals surface area contributed by atoms with Crippen molar-refractivity contribution >= 4 is 5.82 Å². The van der Waals surface area contributed by atoms with Crippen LogP contribution in [0.3, 0.4) is 0 Å². The molecule has 0 aliphatic carbocycles. The number of rotatable bonds is 3. The van der Waals surface area contributed by atoms with Crippen LogP contribution in [0.4, 0.5) is 5.82 Å². The van der Waals surface area contributed by atoms with Gasteiger partial charge in [0.05, 0.1) is 6.20 Å². The van der Waals surface area contributed by atoms with Gasteiger partial charge in [-0.2, -0.15) is 0 Å². The second kappa shape index (κ2) is 5.45. The molecule has 0 atom stereocenters. The summed E-state index contributed by atoms with van der Waals surface area (Å²) in [5.74, 6) is 1.93. The Kier molecular flexibility index (Phi) is 3.33. The molecule has 0 bridgehead atoms. The molecule has 0 radical (unpaired) electrons. The first-order valence-electron chi connectivity index (χ1n) is 6.36. The van der Waals surface area contributed by atoms with Gasteiger partial charge in [0.15, 0.2) is 0 Å². The fourth-order valence-electron chi connectivity index (χ4n) is 1.93. The fraction of sp³-hybridized carbons (Fsp3) is 0. The second-order valence-electron chi connectivity index (χ2n) is 4.41. The van der Waals surface area contributed by atoms with E-state index in [-0.39, 0.29) is 0 Å². The van der Waals surface area contributed by atoms with Gasteiger partial charge in [-0.3, -0.25) is 0 Å². The van der Waals surface area contributed by atoms with Crippen LogP contribution in [0.25, 0.3) is 11.1 Å². The van der Waals surface area contributed by atoms with Crippen molar-refractivity contribution < 1.29 is 4.74 Å². The Bertz CT molecular complexity index is 676. The summed E-state index contributed by atoms with van der Waals surface area (Å²) >= 11 is 0. The van der Waals surface area contributed by atoms with Gasteiger partial charge in [-0.25, -0.2) is 4.98 Å². The van der Waals surface area contributed by atoms with Gasteiger partial charge in [-0.05, 0) is 35.4 Å². The molecule has 0 spiro atoms. The van der Waals surface area contributed by atoms with Crippen LogP contribution in [0, 0.1) is 0 Å². The molecular weight excluding hydrogens is 248 g/mol. The third kappa shape index (κ3) is 2.78. The predicted molar refractivity (Wildman–Crippen MR) is 80.6 cm³/mol. The number of ether oxygens (including phenoxy) is 1. The van der Waals surface area contributed by atoms with Crippen LogP contribution in [0.2, 0.25) is 0 Å². The fourth-order valence-corrected chi connectivity index (χ4v) is 1.93. The summed E-state index contributed by atoms with van der Waals surface area (Å²) in [6.45, 7) is 0. The van der Waals surface area contributed by atoms with Crippen molar-refractivity contribution in [3.63, 3.8) is 0 Å². The molecule has 0 fully saturated rings. The number of aromatic nitrogens is 1. The van der Waals surface area contributed by atoms with E-state index in [9.17, 15) is 0 Å². The van der Waals surface area contributed by atoms with Gasteiger partial charge < -0.3 is 10.5 Å². The zero-order valence-corrected chi connectivity index (χ0v) is 10.9. The Morgan fingerprint density at radius 3 is 2.00 bits per heavy atom. The maximum atomic E-state index is 5.71.